The third kappa shape index (κ3) is 3.70. The summed E-state index contributed by atoms with van der Waals surface area (Å²) in [5.41, 5.74) is 0.973. The molecule has 4 heteroatoms. The Hall–Kier alpha value is -1.16. The van der Waals surface area contributed by atoms with E-state index in [1.54, 1.807) is 0 Å². The van der Waals surface area contributed by atoms with E-state index in [0.717, 1.165) is 24.6 Å². The quantitative estimate of drug-likeness (QED) is 0.744. The fraction of sp³-hybridized carbons (Fsp3) is 0.600. The number of aromatic nitrogens is 2. The minimum Gasteiger partial charge on any atom is -0.366 e. The molecule has 14 heavy (non-hydrogen) atoms. The summed E-state index contributed by atoms with van der Waals surface area (Å²) in [6, 6.07) is 4.34. The minimum absolute atomic E-state index is 0.393. The van der Waals surface area contributed by atoms with Crippen molar-refractivity contribution >= 4 is 5.82 Å². The Kier molecular flexibility index (Phi) is 4.32. The second-order valence-corrected chi connectivity index (χ2v) is 3.49. The molecular formula is C10H18N4. The van der Waals surface area contributed by atoms with Crippen LogP contribution in [0.2, 0.25) is 0 Å². The Morgan fingerprint density at radius 2 is 2.07 bits per heavy atom. The first kappa shape index (κ1) is 10.9. The van der Waals surface area contributed by atoms with Gasteiger partial charge in [0.25, 0.3) is 0 Å². The predicted molar refractivity (Wildman–Crippen MR) is 58.2 cm³/mol. The van der Waals surface area contributed by atoms with Crippen LogP contribution in [0.4, 0.5) is 5.82 Å². The van der Waals surface area contributed by atoms with E-state index in [-0.39, 0.29) is 0 Å². The molecule has 0 bridgehead atoms. The van der Waals surface area contributed by atoms with Crippen LogP contribution >= 0.6 is 0 Å². The molecule has 1 rings (SSSR count). The first-order valence-corrected chi connectivity index (χ1v) is 5.02. The van der Waals surface area contributed by atoms with Crippen LogP contribution in [-0.2, 0) is 6.54 Å². The van der Waals surface area contributed by atoms with Crippen LogP contribution in [0.5, 0.6) is 0 Å². The molecule has 1 heterocycles. The molecule has 0 aliphatic rings. The molecule has 2 N–H and O–H groups in total. The lowest BCUT2D eigenvalue weighted by atomic mass is 10.3. The van der Waals surface area contributed by atoms with Crippen LogP contribution in [-0.4, -0.2) is 22.8 Å². The molecule has 0 aromatic carbocycles. The van der Waals surface area contributed by atoms with E-state index < -0.39 is 0 Å². The molecular weight excluding hydrogens is 176 g/mol. The summed E-state index contributed by atoms with van der Waals surface area (Å²) in [4.78, 5) is 0. The molecule has 4 nitrogen and oxygen atoms in total. The van der Waals surface area contributed by atoms with Crippen LogP contribution in [0.25, 0.3) is 0 Å². The van der Waals surface area contributed by atoms with Gasteiger partial charge in [-0.05, 0) is 32.5 Å². The number of hydrogen-bond donors (Lipinski definition) is 2. The van der Waals surface area contributed by atoms with Gasteiger partial charge in [0.15, 0.2) is 0 Å². The van der Waals surface area contributed by atoms with Crippen molar-refractivity contribution in [1.82, 2.24) is 15.5 Å². The standard InChI is InChI=1S/C10H18N4/c1-4-11-7-9-5-6-10(14-13-9)12-8(2)3/h5-6,8,11H,4,7H2,1-3H3,(H,12,14). The average Bonchev–Trinajstić information content (AvgIpc) is 2.16. The molecule has 0 atom stereocenters. The lowest BCUT2D eigenvalue weighted by Crippen LogP contribution is -2.15. The Bertz CT molecular complexity index is 255. The number of rotatable bonds is 5. The van der Waals surface area contributed by atoms with Crippen molar-refractivity contribution in [2.75, 3.05) is 11.9 Å². The lowest BCUT2D eigenvalue weighted by molar-refractivity contribution is 0.698. The maximum absolute atomic E-state index is 4.09. The number of nitrogens with zero attached hydrogens (tertiary/aromatic N) is 2. The summed E-state index contributed by atoms with van der Waals surface area (Å²) < 4.78 is 0. The molecule has 0 radical (unpaired) electrons. The van der Waals surface area contributed by atoms with Gasteiger partial charge in [0, 0.05) is 12.6 Å². The van der Waals surface area contributed by atoms with E-state index in [4.69, 9.17) is 0 Å². The monoisotopic (exact) mass is 194 g/mol. The largest absolute Gasteiger partial charge is 0.366 e. The van der Waals surface area contributed by atoms with E-state index >= 15 is 0 Å². The molecule has 1 aromatic rings. The van der Waals surface area contributed by atoms with Crippen molar-refractivity contribution in [3.05, 3.63) is 17.8 Å². The van der Waals surface area contributed by atoms with Crippen LogP contribution < -0.4 is 10.6 Å². The molecule has 1 aromatic heterocycles. The SMILES string of the molecule is CCNCc1ccc(NC(C)C)nn1. The van der Waals surface area contributed by atoms with Crippen LogP contribution in [0.3, 0.4) is 0 Å². The van der Waals surface area contributed by atoms with E-state index in [9.17, 15) is 0 Å². The van der Waals surface area contributed by atoms with Gasteiger partial charge in [-0.3, -0.25) is 0 Å². The molecule has 78 valence electrons. The maximum atomic E-state index is 4.09. The third-order valence-electron chi connectivity index (χ3n) is 1.71. The smallest absolute Gasteiger partial charge is 0.148 e. The van der Waals surface area contributed by atoms with Gasteiger partial charge in [0.1, 0.15) is 5.82 Å². The molecule has 0 unspecified atom stereocenters. The van der Waals surface area contributed by atoms with Gasteiger partial charge in [-0.25, -0.2) is 0 Å². The van der Waals surface area contributed by atoms with Crippen molar-refractivity contribution in [2.24, 2.45) is 0 Å². The van der Waals surface area contributed by atoms with Crippen molar-refractivity contribution < 1.29 is 0 Å². The van der Waals surface area contributed by atoms with Gasteiger partial charge >= 0.3 is 0 Å². The molecule has 0 aliphatic heterocycles. The summed E-state index contributed by atoms with van der Waals surface area (Å²) in [6.45, 7) is 7.96. The Morgan fingerprint density at radius 1 is 1.29 bits per heavy atom. The lowest BCUT2D eigenvalue weighted by Gasteiger charge is -2.08. The second-order valence-electron chi connectivity index (χ2n) is 3.49. The molecule has 0 saturated heterocycles. The minimum atomic E-state index is 0.393. The van der Waals surface area contributed by atoms with Gasteiger partial charge in [-0.15, -0.1) is 5.10 Å². The molecule has 0 fully saturated rings. The Labute approximate surface area is 85.1 Å². The zero-order valence-electron chi connectivity index (χ0n) is 9.04. The van der Waals surface area contributed by atoms with E-state index in [1.807, 2.05) is 12.1 Å². The second kappa shape index (κ2) is 5.54. The molecule has 0 spiro atoms. The fourth-order valence-corrected chi connectivity index (χ4v) is 1.08. The number of nitrogens with one attached hydrogen (secondary N) is 2. The average molecular weight is 194 g/mol. The first-order chi connectivity index (χ1) is 6.72. The highest BCUT2D eigenvalue weighted by Crippen LogP contribution is 2.03. The van der Waals surface area contributed by atoms with E-state index in [0.29, 0.717) is 6.04 Å². The molecule has 0 aliphatic carbocycles. The fourth-order valence-electron chi connectivity index (χ4n) is 1.08. The van der Waals surface area contributed by atoms with Crippen LogP contribution in [0, 0.1) is 0 Å². The van der Waals surface area contributed by atoms with Crippen molar-refractivity contribution in [3.8, 4) is 0 Å². The summed E-state index contributed by atoms with van der Waals surface area (Å²) in [5.74, 6) is 0.834. The van der Waals surface area contributed by atoms with Gasteiger partial charge in [-0.1, -0.05) is 6.92 Å². The molecule has 0 amide bonds. The van der Waals surface area contributed by atoms with Gasteiger partial charge in [0.05, 0.1) is 5.69 Å². The van der Waals surface area contributed by atoms with E-state index in [1.165, 1.54) is 0 Å². The third-order valence-corrected chi connectivity index (χ3v) is 1.71. The number of anilines is 1. The van der Waals surface area contributed by atoms with E-state index in [2.05, 4.69) is 41.6 Å². The van der Waals surface area contributed by atoms with Gasteiger partial charge < -0.3 is 10.6 Å². The van der Waals surface area contributed by atoms with Crippen molar-refractivity contribution in [2.45, 2.75) is 33.4 Å². The van der Waals surface area contributed by atoms with Crippen molar-refractivity contribution in [3.63, 3.8) is 0 Å². The van der Waals surface area contributed by atoms with Gasteiger partial charge in [0.2, 0.25) is 0 Å². The highest BCUT2D eigenvalue weighted by Gasteiger charge is 1.98. The number of hydrogen-bond acceptors (Lipinski definition) is 4. The summed E-state index contributed by atoms with van der Waals surface area (Å²) in [7, 11) is 0. The predicted octanol–water partition coefficient (Wildman–Crippen LogP) is 1.41. The Morgan fingerprint density at radius 3 is 2.57 bits per heavy atom. The summed E-state index contributed by atoms with van der Waals surface area (Å²) in [6.07, 6.45) is 0. The highest BCUT2D eigenvalue weighted by atomic mass is 15.2. The highest BCUT2D eigenvalue weighted by molar-refractivity contribution is 5.33. The van der Waals surface area contributed by atoms with Crippen LogP contribution in [0.1, 0.15) is 26.5 Å². The summed E-state index contributed by atoms with van der Waals surface area (Å²) >= 11 is 0. The normalized spacial score (nSPS) is 10.6. The first-order valence-electron chi connectivity index (χ1n) is 5.02. The van der Waals surface area contributed by atoms with Gasteiger partial charge in [-0.2, -0.15) is 5.10 Å². The van der Waals surface area contributed by atoms with Crippen molar-refractivity contribution in [1.29, 1.82) is 0 Å². The van der Waals surface area contributed by atoms with Crippen LogP contribution in [0.15, 0.2) is 12.1 Å². The zero-order valence-corrected chi connectivity index (χ0v) is 9.04. The Balaban J connectivity index is 2.50. The molecule has 0 saturated carbocycles. The topological polar surface area (TPSA) is 49.8 Å². The maximum Gasteiger partial charge on any atom is 0.148 e. The zero-order chi connectivity index (χ0) is 10.4. The summed E-state index contributed by atoms with van der Waals surface area (Å²) in [5, 5.41) is 14.6.